The van der Waals surface area contributed by atoms with E-state index in [-0.39, 0.29) is 18.5 Å². The number of nitrogens with two attached hydrogens (primary N) is 1. The highest BCUT2D eigenvalue weighted by molar-refractivity contribution is 5.92. The topological polar surface area (TPSA) is 157 Å². The summed E-state index contributed by atoms with van der Waals surface area (Å²) in [4.78, 5) is 39.0. The van der Waals surface area contributed by atoms with Crippen molar-refractivity contribution in [1.29, 1.82) is 0 Å². The van der Waals surface area contributed by atoms with Crippen LogP contribution in [0, 0.1) is 16.7 Å². The maximum Gasteiger partial charge on any atom is 0.404 e. The number of ether oxygens (including phenoxy) is 3. The fourth-order valence-electron chi connectivity index (χ4n) is 7.30. The van der Waals surface area contributed by atoms with E-state index in [1.165, 1.54) is 13.0 Å². The van der Waals surface area contributed by atoms with E-state index >= 15 is 0 Å². The summed E-state index contributed by atoms with van der Waals surface area (Å²) in [6.07, 6.45) is -2.89. The molecule has 3 rings (SSSR count). The van der Waals surface area contributed by atoms with Crippen LogP contribution in [0.25, 0.3) is 0 Å². The second-order valence-electron chi connectivity index (χ2n) is 13.3. The van der Waals surface area contributed by atoms with Gasteiger partial charge in [0.2, 0.25) is 0 Å². The van der Waals surface area contributed by atoms with Crippen LogP contribution in [0.3, 0.4) is 0 Å². The lowest BCUT2D eigenvalue weighted by molar-refractivity contribution is -0.369. The van der Waals surface area contributed by atoms with Crippen LogP contribution in [0.4, 0.5) is 4.79 Å². The summed E-state index contributed by atoms with van der Waals surface area (Å²) in [6, 6.07) is 0. The molecular weight excluding hydrogens is 480 g/mol. The largest absolute Gasteiger partial charge is 0.461 e. The van der Waals surface area contributed by atoms with Gasteiger partial charge in [-0.1, -0.05) is 26.8 Å². The van der Waals surface area contributed by atoms with E-state index in [2.05, 4.69) is 11.9 Å². The van der Waals surface area contributed by atoms with Crippen LogP contribution in [0.2, 0.25) is 0 Å². The SMILES string of the molecule is C=C[C@@]1(C)CC(=O)[C@]2(O)[C@@]3(C)[C@@H](OC(=O)CNC(C)(C)C)CCC(C)(C)[C@@H]3[C@H](O)[C@H](OC(N)=O)[C@@]2(C)O1. The summed E-state index contributed by atoms with van der Waals surface area (Å²) in [5.41, 5.74) is -2.56. The van der Waals surface area contributed by atoms with Crippen molar-refractivity contribution in [2.45, 2.75) is 115 Å². The van der Waals surface area contributed by atoms with Crippen LogP contribution < -0.4 is 11.1 Å². The van der Waals surface area contributed by atoms with Crippen molar-refractivity contribution in [2.24, 2.45) is 22.5 Å². The molecule has 2 aliphatic carbocycles. The number of nitrogens with one attached hydrogen (secondary N) is 1. The molecule has 1 amide bonds. The van der Waals surface area contributed by atoms with Gasteiger partial charge >= 0.3 is 12.1 Å². The molecule has 0 radical (unpaired) electrons. The maximum absolute atomic E-state index is 14.0. The molecule has 3 fully saturated rings. The minimum Gasteiger partial charge on any atom is -0.461 e. The molecule has 0 bridgehead atoms. The monoisotopic (exact) mass is 524 g/mol. The highest BCUT2D eigenvalue weighted by Gasteiger charge is 2.82. The van der Waals surface area contributed by atoms with Crippen molar-refractivity contribution >= 4 is 17.8 Å². The molecule has 8 atom stereocenters. The number of amides is 1. The number of aliphatic hydroxyl groups is 2. The Bertz CT molecular complexity index is 976. The minimum atomic E-state index is -2.31. The average Bonchev–Trinajstić information content (AvgIpc) is 2.74. The number of esters is 1. The van der Waals surface area contributed by atoms with Crippen LogP contribution in [-0.2, 0) is 23.8 Å². The number of hydrogen-bond acceptors (Lipinski definition) is 9. The Hall–Kier alpha value is -2.01. The molecule has 1 saturated heterocycles. The maximum atomic E-state index is 14.0. The van der Waals surface area contributed by atoms with Crippen molar-refractivity contribution in [3.63, 3.8) is 0 Å². The quantitative estimate of drug-likeness (QED) is 0.312. The van der Waals surface area contributed by atoms with Crippen molar-refractivity contribution in [2.75, 3.05) is 6.54 Å². The Morgan fingerprint density at radius 1 is 1.22 bits per heavy atom. The van der Waals surface area contributed by atoms with Gasteiger partial charge in [-0.25, -0.2) is 4.79 Å². The molecule has 210 valence electrons. The van der Waals surface area contributed by atoms with Gasteiger partial charge < -0.3 is 35.5 Å². The molecule has 2 saturated carbocycles. The number of ketones is 1. The normalized spacial score (nSPS) is 43.2. The summed E-state index contributed by atoms with van der Waals surface area (Å²) < 4.78 is 17.7. The van der Waals surface area contributed by atoms with Gasteiger partial charge in [-0.2, -0.15) is 0 Å². The van der Waals surface area contributed by atoms with Gasteiger partial charge in [0.1, 0.15) is 11.7 Å². The zero-order valence-corrected chi connectivity index (χ0v) is 23.3. The van der Waals surface area contributed by atoms with Crippen LogP contribution in [0.15, 0.2) is 12.7 Å². The smallest absolute Gasteiger partial charge is 0.404 e. The van der Waals surface area contributed by atoms with Gasteiger partial charge in [-0.05, 0) is 52.9 Å². The number of carbonyl (C=O) groups is 3. The summed E-state index contributed by atoms with van der Waals surface area (Å²) in [5, 5.41) is 27.5. The van der Waals surface area contributed by atoms with Crippen LogP contribution in [0.1, 0.15) is 74.7 Å². The van der Waals surface area contributed by atoms with Crippen LogP contribution >= 0.6 is 0 Å². The number of aliphatic hydroxyl groups excluding tert-OH is 1. The first-order chi connectivity index (χ1) is 16.7. The molecule has 10 nitrogen and oxygen atoms in total. The first-order valence-electron chi connectivity index (χ1n) is 12.9. The first-order valence-corrected chi connectivity index (χ1v) is 12.9. The molecule has 0 aromatic carbocycles. The molecule has 37 heavy (non-hydrogen) atoms. The highest BCUT2D eigenvalue weighted by Crippen LogP contribution is 2.67. The molecule has 0 unspecified atom stereocenters. The summed E-state index contributed by atoms with van der Waals surface area (Å²) in [7, 11) is 0. The molecular formula is C27H44N2O8. The Morgan fingerprint density at radius 3 is 2.32 bits per heavy atom. The molecule has 1 heterocycles. The molecule has 0 aromatic rings. The summed E-state index contributed by atoms with van der Waals surface area (Å²) in [5.74, 6) is -1.95. The first kappa shape index (κ1) is 29.5. The Labute approximate surface area is 219 Å². The van der Waals surface area contributed by atoms with Crippen molar-refractivity contribution in [3.8, 4) is 0 Å². The third kappa shape index (κ3) is 4.49. The molecule has 0 aromatic heterocycles. The van der Waals surface area contributed by atoms with E-state index in [0.717, 1.165) is 0 Å². The fraction of sp³-hybridized carbons (Fsp3) is 0.815. The molecule has 1 aliphatic heterocycles. The van der Waals surface area contributed by atoms with E-state index < -0.39 is 69.7 Å². The number of hydrogen-bond donors (Lipinski definition) is 4. The highest BCUT2D eigenvalue weighted by atomic mass is 16.6. The summed E-state index contributed by atoms with van der Waals surface area (Å²) >= 11 is 0. The number of primary amides is 1. The third-order valence-corrected chi connectivity index (χ3v) is 8.97. The van der Waals surface area contributed by atoms with Gasteiger partial charge in [0.05, 0.1) is 18.2 Å². The summed E-state index contributed by atoms with van der Waals surface area (Å²) in [6.45, 7) is 18.0. The fourth-order valence-corrected chi connectivity index (χ4v) is 7.30. The zero-order valence-electron chi connectivity index (χ0n) is 23.3. The third-order valence-electron chi connectivity index (χ3n) is 8.97. The average molecular weight is 525 g/mol. The van der Waals surface area contributed by atoms with Crippen molar-refractivity contribution in [3.05, 3.63) is 12.7 Å². The lowest BCUT2D eigenvalue weighted by Gasteiger charge is -2.71. The molecule has 10 heteroatoms. The second-order valence-corrected chi connectivity index (χ2v) is 13.3. The lowest BCUT2D eigenvalue weighted by Crippen LogP contribution is -2.87. The molecule has 5 N–H and O–H groups in total. The number of fused-ring (bicyclic) bond motifs is 3. The second kappa shape index (κ2) is 9.03. The minimum absolute atomic E-state index is 0.0746. The van der Waals surface area contributed by atoms with E-state index in [1.54, 1.807) is 13.8 Å². The lowest BCUT2D eigenvalue weighted by atomic mass is 9.39. The van der Waals surface area contributed by atoms with Crippen molar-refractivity contribution < 1.29 is 38.8 Å². The van der Waals surface area contributed by atoms with E-state index in [4.69, 9.17) is 19.9 Å². The van der Waals surface area contributed by atoms with Crippen LogP contribution in [-0.4, -0.2) is 75.3 Å². The number of Topliss-reactive ketones (excluding diaryl/α,β-unsaturated/α-hetero) is 1. The predicted molar refractivity (Wildman–Crippen MR) is 135 cm³/mol. The van der Waals surface area contributed by atoms with E-state index in [9.17, 15) is 24.6 Å². The van der Waals surface area contributed by atoms with Crippen molar-refractivity contribution in [1.82, 2.24) is 5.32 Å². The van der Waals surface area contributed by atoms with Crippen LogP contribution in [0.5, 0.6) is 0 Å². The van der Waals surface area contributed by atoms with E-state index in [1.807, 2.05) is 34.6 Å². The molecule has 0 spiro atoms. The van der Waals surface area contributed by atoms with Gasteiger partial charge in [-0.3, -0.25) is 9.59 Å². The van der Waals surface area contributed by atoms with Gasteiger partial charge in [-0.15, -0.1) is 6.58 Å². The van der Waals surface area contributed by atoms with E-state index in [0.29, 0.717) is 12.8 Å². The Morgan fingerprint density at radius 2 is 1.81 bits per heavy atom. The standard InChI is InChI=1S/C27H44N2O8/c1-10-24(7)13-15(30)27(34)25(8)16(35-17(31)14-29-22(2,3)4)11-12-23(5,6)19(25)18(32)20(36-21(28)33)26(27,9)37-24/h10,16,18-20,29,32,34H,1,11-14H2,2-9H3,(H2,28,33)/t16-,18-,19-,20-,24-,25-,26+,27-/m0/s1. The van der Waals surface area contributed by atoms with Gasteiger partial charge in [0.15, 0.2) is 17.5 Å². The number of carbonyl (C=O) groups excluding carboxylic acids is 3. The zero-order chi connectivity index (χ0) is 28.4. The Balaban J connectivity index is 2.21. The molecule has 3 aliphatic rings. The van der Waals surface area contributed by atoms with Gasteiger partial charge in [0, 0.05) is 23.3 Å². The number of rotatable bonds is 5. The predicted octanol–water partition coefficient (Wildman–Crippen LogP) is 1.99. The van der Waals surface area contributed by atoms with Gasteiger partial charge in [0.25, 0.3) is 0 Å². The Kier molecular flexibility index (Phi) is 7.21.